The molecule has 4 atom stereocenters. The Labute approximate surface area is 252 Å². The Balaban J connectivity index is 1.49. The van der Waals surface area contributed by atoms with Gasteiger partial charge in [-0.15, -0.1) is 0 Å². The van der Waals surface area contributed by atoms with Gasteiger partial charge in [-0.25, -0.2) is 0 Å². The molecule has 3 heterocycles. The van der Waals surface area contributed by atoms with Gasteiger partial charge in [-0.1, -0.05) is 72.3 Å². The van der Waals surface area contributed by atoms with E-state index in [1.54, 1.807) is 48.5 Å². The van der Waals surface area contributed by atoms with Crippen molar-refractivity contribution in [1.29, 1.82) is 0 Å². The van der Waals surface area contributed by atoms with Crippen molar-refractivity contribution in [3.63, 3.8) is 0 Å². The van der Waals surface area contributed by atoms with E-state index in [1.807, 2.05) is 65.6 Å². The van der Waals surface area contributed by atoms with Crippen LogP contribution in [-0.2, 0) is 15.0 Å². The number of anilines is 2. The van der Waals surface area contributed by atoms with Crippen molar-refractivity contribution in [2.45, 2.75) is 24.4 Å². The molecule has 1 amide bonds. The van der Waals surface area contributed by atoms with Crippen LogP contribution in [0.5, 0.6) is 5.75 Å². The second-order valence-corrected chi connectivity index (χ2v) is 11.3. The lowest BCUT2D eigenvalue weighted by Gasteiger charge is -2.37. The maximum absolute atomic E-state index is 14.8. The minimum atomic E-state index is -1.44. The molecule has 0 unspecified atom stereocenters. The Morgan fingerprint density at radius 3 is 2.33 bits per heavy atom. The Morgan fingerprint density at radius 2 is 1.56 bits per heavy atom. The molecule has 7 rings (SSSR count). The second kappa shape index (κ2) is 10.1. The van der Waals surface area contributed by atoms with Crippen LogP contribution >= 0.6 is 11.6 Å². The quantitative estimate of drug-likeness (QED) is 0.171. The summed E-state index contributed by atoms with van der Waals surface area (Å²) < 4.78 is 5.17. The SMILES string of the molecule is CC(=O)Oc1ccc(C(=O)[C@@H]2[C@@H](C(=O)c3ccccc3Cl)[C@]3(C(=O)Nc4ccccc43)[C@H]3C=Cc4ccccc4N23)cc1. The zero-order valence-corrected chi connectivity index (χ0v) is 23.7. The average Bonchev–Trinajstić information content (AvgIpc) is 3.49. The van der Waals surface area contributed by atoms with E-state index in [-0.39, 0.29) is 22.3 Å². The zero-order valence-electron chi connectivity index (χ0n) is 23.0. The molecular weight excluding hydrogens is 564 g/mol. The lowest BCUT2D eigenvalue weighted by atomic mass is 9.64. The first-order chi connectivity index (χ1) is 20.8. The lowest BCUT2D eigenvalue weighted by molar-refractivity contribution is -0.131. The highest BCUT2D eigenvalue weighted by atomic mass is 35.5. The number of hydrogen-bond acceptors (Lipinski definition) is 6. The third kappa shape index (κ3) is 3.96. The van der Waals surface area contributed by atoms with E-state index in [0.29, 0.717) is 22.6 Å². The van der Waals surface area contributed by atoms with Crippen molar-refractivity contribution in [2.24, 2.45) is 5.92 Å². The minimum Gasteiger partial charge on any atom is -0.427 e. The standard InChI is InChI=1S/C35H25ClN2O5/c1-20(39)43-23-17-14-22(15-18-23)32(40)31-30(33(41)24-9-3-5-11-26(24)36)35(25-10-4-6-12-27(25)37-34(35)42)29-19-16-21-8-2-7-13-28(21)38(29)31/h2-19,29-31H,1H3,(H,37,42)/t29-,30+,31+,35-/m1/s1. The summed E-state index contributed by atoms with van der Waals surface area (Å²) in [6.45, 7) is 1.30. The predicted molar refractivity (Wildman–Crippen MR) is 164 cm³/mol. The van der Waals surface area contributed by atoms with E-state index < -0.39 is 35.2 Å². The molecule has 1 N–H and O–H groups in total. The smallest absolute Gasteiger partial charge is 0.308 e. The molecule has 3 aliphatic heterocycles. The van der Waals surface area contributed by atoms with Crippen LogP contribution in [0.1, 0.15) is 38.8 Å². The number of esters is 1. The Kier molecular flexibility index (Phi) is 6.29. The van der Waals surface area contributed by atoms with Crippen LogP contribution in [0.15, 0.2) is 103 Å². The van der Waals surface area contributed by atoms with Gasteiger partial charge < -0.3 is 15.0 Å². The number of carbonyl (C=O) groups excluding carboxylic acids is 4. The van der Waals surface area contributed by atoms with Crippen LogP contribution in [0.25, 0.3) is 6.08 Å². The summed E-state index contributed by atoms with van der Waals surface area (Å²) in [6, 6.07) is 26.2. The second-order valence-electron chi connectivity index (χ2n) is 10.9. The third-order valence-electron chi connectivity index (χ3n) is 8.63. The lowest BCUT2D eigenvalue weighted by Crippen LogP contribution is -2.51. The molecule has 7 nitrogen and oxygen atoms in total. The molecule has 0 saturated carbocycles. The number of amides is 1. The number of Topliss-reactive ketones (excluding diaryl/α,β-unsaturated/α-hetero) is 2. The Bertz CT molecular complexity index is 1870. The van der Waals surface area contributed by atoms with Crippen molar-refractivity contribution < 1.29 is 23.9 Å². The summed E-state index contributed by atoms with van der Waals surface area (Å²) in [7, 11) is 0. The van der Waals surface area contributed by atoms with E-state index >= 15 is 0 Å². The van der Waals surface area contributed by atoms with Gasteiger partial charge >= 0.3 is 5.97 Å². The van der Waals surface area contributed by atoms with Crippen molar-refractivity contribution in [3.8, 4) is 5.75 Å². The van der Waals surface area contributed by atoms with Gasteiger partial charge in [0.2, 0.25) is 5.91 Å². The van der Waals surface area contributed by atoms with Crippen LogP contribution in [0, 0.1) is 5.92 Å². The summed E-state index contributed by atoms with van der Waals surface area (Å²) in [4.78, 5) is 57.4. The maximum Gasteiger partial charge on any atom is 0.308 e. The number of carbonyl (C=O) groups is 4. The monoisotopic (exact) mass is 588 g/mol. The number of ether oxygens (including phenoxy) is 1. The number of ketones is 2. The fraction of sp³-hybridized carbons (Fsp3) is 0.143. The third-order valence-corrected chi connectivity index (χ3v) is 8.96. The highest BCUT2D eigenvalue weighted by Crippen LogP contribution is 2.58. The van der Waals surface area contributed by atoms with E-state index in [4.69, 9.17) is 16.3 Å². The first-order valence-corrected chi connectivity index (χ1v) is 14.3. The topological polar surface area (TPSA) is 92.8 Å². The molecule has 1 saturated heterocycles. The summed E-state index contributed by atoms with van der Waals surface area (Å²) in [5, 5.41) is 3.26. The van der Waals surface area contributed by atoms with Crippen LogP contribution in [0.3, 0.4) is 0 Å². The zero-order chi connectivity index (χ0) is 29.9. The van der Waals surface area contributed by atoms with E-state index in [1.165, 1.54) is 6.92 Å². The summed E-state index contributed by atoms with van der Waals surface area (Å²) in [5.41, 5.74) is 2.00. The van der Waals surface area contributed by atoms with Crippen molar-refractivity contribution in [1.82, 2.24) is 0 Å². The highest BCUT2D eigenvalue weighted by Gasteiger charge is 2.70. The number of rotatable bonds is 5. The minimum absolute atomic E-state index is 0.242. The molecule has 0 bridgehead atoms. The molecule has 43 heavy (non-hydrogen) atoms. The average molecular weight is 589 g/mol. The molecule has 1 spiro atoms. The highest BCUT2D eigenvalue weighted by molar-refractivity contribution is 6.34. The molecule has 8 heteroatoms. The van der Waals surface area contributed by atoms with Crippen molar-refractivity contribution >= 4 is 52.5 Å². The molecule has 3 aliphatic rings. The number of nitrogens with zero attached hydrogens (tertiary/aromatic N) is 1. The number of benzene rings is 4. The first kappa shape index (κ1) is 26.9. The van der Waals surface area contributed by atoms with Gasteiger partial charge in [-0.2, -0.15) is 0 Å². The molecule has 0 aromatic heterocycles. The summed E-state index contributed by atoms with van der Waals surface area (Å²) in [6.07, 6.45) is 3.87. The summed E-state index contributed by atoms with van der Waals surface area (Å²) >= 11 is 6.59. The van der Waals surface area contributed by atoms with Gasteiger partial charge in [0.25, 0.3) is 0 Å². The fourth-order valence-electron chi connectivity index (χ4n) is 6.97. The van der Waals surface area contributed by atoms with Gasteiger partial charge in [-0.05, 0) is 59.7 Å². The maximum atomic E-state index is 14.8. The van der Waals surface area contributed by atoms with Gasteiger partial charge in [0.15, 0.2) is 11.6 Å². The number of fused-ring (bicyclic) bond motifs is 6. The van der Waals surface area contributed by atoms with Crippen molar-refractivity contribution in [3.05, 3.63) is 130 Å². The first-order valence-electron chi connectivity index (χ1n) is 13.9. The molecule has 0 aliphatic carbocycles. The molecule has 212 valence electrons. The number of halogens is 1. The van der Waals surface area contributed by atoms with Crippen LogP contribution in [0.4, 0.5) is 11.4 Å². The molecule has 4 aromatic carbocycles. The van der Waals surface area contributed by atoms with Crippen LogP contribution < -0.4 is 15.0 Å². The number of nitrogens with one attached hydrogen (secondary N) is 1. The van der Waals surface area contributed by atoms with Crippen LogP contribution in [0.2, 0.25) is 5.02 Å². The van der Waals surface area contributed by atoms with Gasteiger partial charge in [0, 0.05) is 29.4 Å². The Morgan fingerprint density at radius 1 is 0.860 bits per heavy atom. The van der Waals surface area contributed by atoms with Crippen LogP contribution in [-0.4, -0.2) is 35.5 Å². The summed E-state index contributed by atoms with van der Waals surface area (Å²) in [5.74, 6) is -2.41. The van der Waals surface area contributed by atoms with E-state index in [2.05, 4.69) is 5.32 Å². The molecule has 4 aromatic rings. The number of hydrogen-bond donors (Lipinski definition) is 1. The number of para-hydroxylation sites is 2. The fourth-order valence-corrected chi connectivity index (χ4v) is 7.20. The van der Waals surface area contributed by atoms with E-state index in [0.717, 1.165) is 11.3 Å². The van der Waals surface area contributed by atoms with Gasteiger partial charge in [0.05, 0.1) is 17.0 Å². The largest absolute Gasteiger partial charge is 0.427 e. The molecular formula is C35H25ClN2O5. The molecule has 1 fully saturated rings. The van der Waals surface area contributed by atoms with Gasteiger partial charge in [0.1, 0.15) is 17.2 Å². The van der Waals surface area contributed by atoms with Crippen molar-refractivity contribution in [2.75, 3.05) is 10.2 Å². The van der Waals surface area contributed by atoms with E-state index in [9.17, 15) is 19.2 Å². The Hall–Kier alpha value is -5.01. The normalized spacial score (nSPS) is 22.9. The van der Waals surface area contributed by atoms with Gasteiger partial charge in [-0.3, -0.25) is 19.2 Å². The predicted octanol–water partition coefficient (Wildman–Crippen LogP) is 6.12. The molecule has 0 radical (unpaired) electrons.